The summed E-state index contributed by atoms with van der Waals surface area (Å²) in [6.07, 6.45) is 3.37. The molecule has 2 N–H and O–H groups in total. The van der Waals surface area contributed by atoms with Crippen molar-refractivity contribution in [2.45, 2.75) is 0 Å². The number of carbonyl (C=O) groups is 1. The molecule has 0 saturated heterocycles. The molecule has 0 radical (unpaired) electrons. The van der Waals surface area contributed by atoms with E-state index in [0.29, 0.717) is 5.02 Å². The van der Waals surface area contributed by atoms with Gasteiger partial charge in [-0.25, -0.2) is 4.79 Å². The maximum atomic E-state index is 11.9. The fourth-order valence-corrected chi connectivity index (χ4v) is 2.46. The minimum atomic E-state index is -0.293. The molecule has 0 spiro atoms. The van der Waals surface area contributed by atoms with Crippen molar-refractivity contribution in [3.8, 4) is 0 Å². The smallest absolute Gasteiger partial charge is 0.314 e. The van der Waals surface area contributed by atoms with E-state index < -0.39 is 0 Å². The fraction of sp³-hybridized carbons (Fsp3) is 0. The third kappa shape index (κ3) is 4.11. The Morgan fingerprint density at radius 1 is 0.913 bits per heavy atom. The quantitative estimate of drug-likeness (QED) is 0.676. The number of benzene rings is 3. The van der Waals surface area contributed by atoms with Crippen LogP contribution in [0.3, 0.4) is 0 Å². The zero-order valence-electron chi connectivity index (χ0n) is 12.3. The molecule has 0 aromatic heterocycles. The first-order valence-electron chi connectivity index (χ1n) is 7.19. The Labute approximate surface area is 139 Å². The van der Waals surface area contributed by atoms with Gasteiger partial charge in [0.25, 0.3) is 0 Å². The molecule has 3 rings (SSSR count). The van der Waals surface area contributed by atoms with Crippen molar-refractivity contribution in [3.63, 3.8) is 0 Å². The summed E-state index contributed by atoms with van der Waals surface area (Å²) in [4.78, 5) is 11.9. The van der Waals surface area contributed by atoms with Crippen molar-refractivity contribution in [1.29, 1.82) is 0 Å². The molecule has 0 aliphatic carbocycles. The molecule has 0 aliphatic heterocycles. The molecule has 0 heterocycles. The molecule has 23 heavy (non-hydrogen) atoms. The largest absolute Gasteiger partial charge is 0.323 e. The summed E-state index contributed by atoms with van der Waals surface area (Å²) in [6.45, 7) is 0. The Hall–Kier alpha value is -2.78. The summed E-state index contributed by atoms with van der Waals surface area (Å²) in [7, 11) is 0. The van der Waals surface area contributed by atoms with Crippen LogP contribution in [0.4, 0.5) is 10.5 Å². The third-order valence-corrected chi connectivity index (χ3v) is 3.58. The van der Waals surface area contributed by atoms with Crippen LogP contribution >= 0.6 is 11.6 Å². The van der Waals surface area contributed by atoms with Gasteiger partial charge >= 0.3 is 6.03 Å². The van der Waals surface area contributed by atoms with E-state index in [4.69, 9.17) is 11.6 Å². The van der Waals surface area contributed by atoms with E-state index in [1.807, 2.05) is 60.7 Å². The molecule has 114 valence electrons. The second kappa shape index (κ2) is 6.99. The van der Waals surface area contributed by atoms with Crippen LogP contribution in [-0.4, -0.2) is 6.03 Å². The molecular formula is C19H15ClN2O. The molecule has 3 aromatic carbocycles. The highest BCUT2D eigenvalue weighted by molar-refractivity contribution is 6.30. The zero-order chi connectivity index (χ0) is 16.1. The molecular weight excluding hydrogens is 308 g/mol. The Kier molecular flexibility index (Phi) is 4.60. The molecule has 0 unspecified atom stereocenters. The number of urea groups is 1. The highest BCUT2D eigenvalue weighted by atomic mass is 35.5. The van der Waals surface area contributed by atoms with E-state index in [1.54, 1.807) is 18.3 Å². The Morgan fingerprint density at radius 2 is 1.74 bits per heavy atom. The van der Waals surface area contributed by atoms with Gasteiger partial charge in [-0.3, -0.25) is 0 Å². The van der Waals surface area contributed by atoms with Crippen LogP contribution in [0.15, 0.2) is 72.9 Å². The van der Waals surface area contributed by atoms with E-state index in [0.717, 1.165) is 22.0 Å². The number of carbonyl (C=O) groups excluding carboxylic acids is 1. The first kappa shape index (κ1) is 15.1. The SMILES string of the molecule is O=C(N/C=C/c1cccc(Cl)c1)Nc1ccc2ccccc2c1. The highest BCUT2D eigenvalue weighted by Crippen LogP contribution is 2.18. The lowest BCUT2D eigenvalue weighted by Gasteiger charge is -2.06. The van der Waals surface area contributed by atoms with Crippen molar-refractivity contribution in [2.75, 3.05) is 5.32 Å². The van der Waals surface area contributed by atoms with Gasteiger partial charge in [-0.2, -0.15) is 0 Å². The van der Waals surface area contributed by atoms with Crippen molar-refractivity contribution < 1.29 is 4.79 Å². The van der Waals surface area contributed by atoms with Gasteiger partial charge in [0.2, 0.25) is 0 Å². The van der Waals surface area contributed by atoms with Gasteiger partial charge in [0.1, 0.15) is 0 Å². The van der Waals surface area contributed by atoms with Crippen molar-refractivity contribution in [1.82, 2.24) is 5.32 Å². The van der Waals surface area contributed by atoms with Crippen LogP contribution in [0.25, 0.3) is 16.8 Å². The summed E-state index contributed by atoms with van der Waals surface area (Å²) < 4.78 is 0. The number of fused-ring (bicyclic) bond motifs is 1. The molecule has 0 atom stereocenters. The summed E-state index contributed by atoms with van der Waals surface area (Å²) in [5.41, 5.74) is 1.67. The average Bonchev–Trinajstić information content (AvgIpc) is 2.55. The van der Waals surface area contributed by atoms with E-state index in [2.05, 4.69) is 10.6 Å². The summed E-state index contributed by atoms with van der Waals surface area (Å²) in [5.74, 6) is 0. The monoisotopic (exact) mass is 322 g/mol. The number of anilines is 1. The lowest BCUT2D eigenvalue weighted by Crippen LogP contribution is -2.23. The number of nitrogens with one attached hydrogen (secondary N) is 2. The minimum absolute atomic E-state index is 0.293. The average molecular weight is 323 g/mol. The van der Waals surface area contributed by atoms with Crippen molar-refractivity contribution >= 4 is 40.2 Å². The number of hydrogen-bond acceptors (Lipinski definition) is 1. The van der Waals surface area contributed by atoms with Gasteiger partial charge in [-0.1, -0.05) is 54.1 Å². The van der Waals surface area contributed by atoms with Gasteiger partial charge in [0.05, 0.1) is 0 Å². The van der Waals surface area contributed by atoms with Gasteiger partial charge in [-0.15, -0.1) is 0 Å². The number of rotatable bonds is 3. The molecule has 0 bridgehead atoms. The summed E-state index contributed by atoms with van der Waals surface area (Å²) in [6, 6.07) is 20.9. The molecule has 3 nitrogen and oxygen atoms in total. The molecule has 4 heteroatoms. The van der Waals surface area contributed by atoms with E-state index in [1.165, 1.54) is 0 Å². The third-order valence-electron chi connectivity index (χ3n) is 3.35. The molecule has 0 saturated carbocycles. The van der Waals surface area contributed by atoms with Crippen LogP contribution in [0, 0.1) is 0 Å². The lowest BCUT2D eigenvalue weighted by atomic mass is 10.1. The zero-order valence-corrected chi connectivity index (χ0v) is 13.0. The second-order valence-electron chi connectivity index (χ2n) is 5.05. The molecule has 0 fully saturated rings. The number of halogens is 1. The molecule has 0 aliphatic rings. The van der Waals surface area contributed by atoms with Gasteiger partial charge in [-0.05, 0) is 46.7 Å². The first-order chi connectivity index (χ1) is 11.2. The van der Waals surface area contributed by atoms with Gasteiger partial charge in [0.15, 0.2) is 0 Å². The van der Waals surface area contributed by atoms with Crippen molar-refractivity contribution in [3.05, 3.63) is 83.5 Å². The Morgan fingerprint density at radius 3 is 2.57 bits per heavy atom. The first-order valence-corrected chi connectivity index (χ1v) is 7.57. The normalized spacial score (nSPS) is 10.8. The highest BCUT2D eigenvalue weighted by Gasteiger charge is 2.00. The Bertz CT molecular complexity index is 874. The topological polar surface area (TPSA) is 41.1 Å². The van der Waals surface area contributed by atoms with E-state index >= 15 is 0 Å². The minimum Gasteiger partial charge on any atom is -0.314 e. The predicted octanol–water partition coefficient (Wildman–Crippen LogP) is 5.29. The molecule has 3 aromatic rings. The van der Waals surface area contributed by atoms with E-state index in [-0.39, 0.29) is 6.03 Å². The number of amides is 2. The predicted molar refractivity (Wildman–Crippen MR) is 96.6 cm³/mol. The molecule has 2 amide bonds. The standard InChI is InChI=1S/C19H15ClN2O/c20-17-7-3-4-14(12-17)10-11-21-19(23)22-18-9-8-15-5-1-2-6-16(15)13-18/h1-13H,(H2,21,22,23)/b11-10+. The van der Waals surface area contributed by atoms with Crippen LogP contribution in [0.2, 0.25) is 5.02 Å². The summed E-state index contributed by atoms with van der Waals surface area (Å²) >= 11 is 5.91. The van der Waals surface area contributed by atoms with E-state index in [9.17, 15) is 4.79 Å². The van der Waals surface area contributed by atoms with Crippen LogP contribution in [0.1, 0.15) is 5.56 Å². The van der Waals surface area contributed by atoms with Gasteiger partial charge in [0, 0.05) is 16.9 Å². The van der Waals surface area contributed by atoms with Crippen LogP contribution in [-0.2, 0) is 0 Å². The summed E-state index contributed by atoms with van der Waals surface area (Å²) in [5, 5.41) is 8.36. The second-order valence-corrected chi connectivity index (χ2v) is 5.49. The van der Waals surface area contributed by atoms with Gasteiger partial charge < -0.3 is 10.6 Å². The maximum absolute atomic E-state index is 11.9. The van der Waals surface area contributed by atoms with Crippen LogP contribution < -0.4 is 10.6 Å². The Balaban J connectivity index is 1.62. The van der Waals surface area contributed by atoms with Crippen LogP contribution in [0.5, 0.6) is 0 Å². The lowest BCUT2D eigenvalue weighted by molar-refractivity contribution is 0.255. The number of hydrogen-bond donors (Lipinski definition) is 2. The maximum Gasteiger partial charge on any atom is 0.323 e. The fourth-order valence-electron chi connectivity index (χ4n) is 2.26. The van der Waals surface area contributed by atoms with Crippen molar-refractivity contribution in [2.24, 2.45) is 0 Å².